The SMILES string of the molecule is CCC[Si](CCC)=[Zr]([C]1=CC=CC1)[CH]1c2cc(C)ccc2-c2ccc(C)cc21. The first-order valence-electron chi connectivity index (χ1n) is 10.9. The van der Waals surface area contributed by atoms with Crippen molar-refractivity contribution >= 4 is 5.43 Å². The number of hydrogen-bond acceptors (Lipinski definition) is 0. The fourth-order valence-electron chi connectivity index (χ4n) is 5.07. The second kappa shape index (κ2) is 8.80. The summed E-state index contributed by atoms with van der Waals surface area (Å²) >= 11 is -1.86. The van der Waals surface area contributed by atoms with Crippen molar-refractivity contribution in [2.24, 2.45) is 0 Å². The van der Waals surface area contributed by atoms with Crippen LogP contribution in [0.1, 0.15) is 59.0 Å². The van der Waals surface area contributed by atoms with Crippen molar-refractivity contribution < 1.29 is 20.4 Å². The topological polar surface area (TPSA) is 0 Å². The first-order chi connectivity index (χ1) is 13.6. The van der Waals surface area contributed by atoms with E-state index in [1.54, 1.807) is 11.1 Å². The van der Waals surface area contributed by atoms with Gasteiger partial charge in [0.05, 0.1) is 0 Å². The molecule has 0 fully saturated rings. The van der Waals surface area contributed by atoms with Gasteiger partial charge in [-0.2, -0.15) is 0 Å². The molecule has 2 aromatic carbocycles. The molecule has 0 aliphatic heterocycles. The van der Waals surface area contributed by atoms with Crippen LogP contribution < -0.4 is 0 Å². The van der Waals surface area contributed by atoms with E-state index in [0.717, 1.165) is 3.63 Å². The van der Waals surface area contributed by atoms with Crippen LogP contribution in [0.2, 0.25) is 12.1 Å². The Hall–Kier alpha value is -0.980. The number of fused-ring (bicyclic) bond motifs is 3. The molecule has 0 spiro atoms. The van der Waals surface area contributed by atoms with E-state index in [0.29, 0.717) is 0 Å². The van der Waals surface area contributed by atoms with Gasteiger partial charge in [0, 0.05) is 0 Å². The predicted molar refractivity (Wildman–Crippen MR) is 121 cm³/mol. The van der Waals surface area contributed by atoms with E-state index in [-0.39, 0.29) is 5.43 Å². The molecular weight excluding hydrogens is 432 g/mol. The Kier molecular flexibility index (Phi) is 6.38. The van der Waals surface area contributed by atoms with Crippen LogP contribution in [0.15, 0.2) is 57.9 Å². The summed E-state index contributed by atoms with van der Waals surface area (Å²) in [4.78, 5) is 0. The molecule has 0 radical (unpaired) electrons. The first-order valence-corrected chi connectivity index (χ1v) is 19.2. The third-order valence-electron chi connectivity index (χ3n) is 6.22. The third kappa shape index (κ3) is 3.75. The van der Waals surface area contributed by atoms with Gasteiger partial charge in [0.25, 0.3) is 0 Å². The molecule has 0 heterocycles. The fourth-order valence-corrected chi connectivity index (χ4v) is 30.0. The maximum absolute atomic E-state index is 2.54. The molecule has 0 saturated carbocycles. The normalized spacial score (nSPS) is 14.8. The van der Waals surface area contributed by atoms with Crippen LogP contribution in [0.4, 0.5) is 0 Å². The monoisotopic (exact) mass is 462 g/mol. The Balaban J connectivity index is 1.99. The molecule has 0 atom stereocenters. The summed E-state index contributed by atoms with van der Waals surface area (Å²) in [5.74, 6) is 0. The molecule has 0 saturated heterocycles. The Bertz CT molecular complexity index is 934. The van der Waals surface area contributed by atoms with Crippen molar-refractivity contribution in [3.05, 3.63) is 80.2 Å². The average molecular weight is 464 g/mol. The Morgan fingerprint density at radius 1 is 0.893 bits per heavy atom. The minimum atomic E-state index is -1.86. The van der Waals surface area contributed by atoms with E-state index in [9.17, 15) is 0 Å². The van der Waals surface area contributed by atoms with Gasteiger partial charge in [-0.15, -0.1) is 0 Å². The Labute approximate surface area is 179 Å². The summed E-state index contributed by atoms with van der Waals surface area (Å²) in [7, 11) is 0. The van der Waals surface area contributed by atoms with E-state index in [1.807, 2.05) is 3.28 Å². The third-order valence-corrected chi connectivity index (χ3v) is 27.7. The molecule has 0 amide bonds. The van der Waals surface area contributed by atoms with Gasteiger partial charge in [-0.3, -0.25) is 0 Å². The molecule has 0 aromatic heterocycles. The van der Waals surface area contributed by atoms with Crippen LogP contribution in [0.25, 0.3) is 11.1 Å². The zero-order chi connectivity index (χ0) is 19.7. The predicted octanol–water partition coefficient (Wildman–Crippen LogP) is 7.65. The van der Waals surface area contributed by atoms with Crippen LogP contribution in [0, 0.1) is 13.8 Å². The minimum absolute atomic E-state index is 0.271. The second-order valence-electron chi connectivity index (χ2n) is 8.46. The zero-order valence-electron chi connectivity index (χ0n) is 17.8. The molecule has 0 N–H and O–H groups in total. The molecule has 28 heavy (non-hydrogen) atoms. The molecule has 2 aliphatic carbocycles. The van der Waals surface area contributed by atoms with Gasteiger partial charge in [0.2, 0.25) is 0 Å². The van der Waals surface area contributed by atoms with E-state index in [2.05, 4.69) is 82.3 Å². The van der Waals surface area contributed by atoms with Crippen molar-refractivity contribution in [1.29, 1.82) is 0 Å². The van der Waals surface area contributed by atoms with Crippen LogP contribution >= 0.6 is 0 Å². The Morgan fingerprint density at radius 3 is 1.93 bits per heavy atom. The summed E-state index contributed by atoms with van der Waals surface area (Å²) < 4.78 is 2.63. The van der Waals surface area contributed by atoms with Crippen LogP contribution in [0.5, 0.6) is 0 Å². The van der Waals surface area contributed by atoms with Gasteiger partial charge in [-0.25, -0.2) is 0 Å². The molecule has 2 heteroatoms. The van der Waals surface area contributed by atoms with Crippen molar-refractivity contribution in [2.75, 3.05) is 0 Å². The van der Waals surface area contributed by atoms with Crippen LogP contribution in [0.3, 0.4) is 0 Å². The van der Waals surface area contributed by atoms with Gasteiger partial charge < -0.3 is 0 Å². The van der Waals surface area contributed by atoms with E-state index in [4.69, 9.17) is 0 Å². The standard InChI is InChI=1S/C15H13.C6H14Si.C5H5.Zr/c1-10-3-5-14-12(7-10)9-13-8-11(2)4-6-15(13)14;1-3-5-7-6-4-2;1-2-4-5-3-1;/h3-9H,1-2H3;3-6H2,1-2H3;1-3H,4H2;. The number of aryl methyl sites for hydroxylation is 2. The molecule has 2 aromatic rings. The molecule has 0 unspecified atom stereocenters. The van der Waals surface area contributed by atoms with Crippen molar-refractivity contribution in [3.63, 3.8) is 0 Å². The Morgan fingerprint density at radius 2 is 1.46 bits per heavy atom. The first kappa shape index (κ1) is 20.3. The fraction of sp³-hybridized carbons (Fsp3) is 0.385. The quantitative estimate of drug-likeness (QED) is 0.386. The molecule has 0 bridgehead atoms. The van der Waals surface area contributed by atoms with Gasteiger partial charge in [-0.1, -0.05) is 0 Å². The van der Waals surface area contributed by atoms with Crippen molar-refractivity contribution in [1.82, 2.24) is 0 Å². The average Bonchev–Trinajstić information content (AvgIpc) is 3.30. The van der Waals surface area contributed by atoms with Crippen LogP contribution in [-0.4, -0.2) is 5.43 Å². The van der Waals surface area contributed by atoms with Gasteiger partial charge in [0.1, 0.15) is 0 Å². The van der Waals surface area contributed by atoms with E-state index < -0.39 is 20.4 Å². The van der Waals surface area contributed by atoms with Gasteiger partial charge in [0.15, 0.2) is 0 Å². The van der Waals surface area contributed by atoms with E-state index >= 15 is 0 Å². The number of rotatable bonds is 6. The van der Waals surface area contributed by atoms with E-state index in [1.165, 1.54) is 53.6 Å². The second-order valence-corrected chi connectivity index (χ2v) is 24.1. The number of benzene rings is 2. The summed E-state index contributed by atoms with van der Waals surface area (Å²) in [5.41, 5.74) is 9.00. The van der Waals surface area contributed by atoms with Crippen molar-refractivity contribution in [3.8, 4) is 11.1 Å². The molecule has 0 nitrogen and oxygen atoms in total. The maximum atomic E-state index is 2.54. The molecule has 2 aliphatic rings. The van der Waals surface area contributed by atoms with Gasteiger partial charge in [-0.05, 0) is 0 Å². The summed E-state index contributed by atoms with van der Waals surface area (Å²) in [6, 6.07) is 17.6. The number of hydrogen-bond donors (Lipinski definition) is 0. The summed E-state index contributed by atoms with van der Waals surface area (Å²) in [5, 5.41) is 0. The molecule has 4 rings (SSSR count). The number of allylic oxidation sites excluding steroid dienone is 4. The summed E-state index contributed by atoms with van der Waals surface area (Å²) in [6.45, 7) is 9.37. The zero-order valence-corrected chi connectivity index (χ0v) is 21.3. The molecule has 144 valence electrons. The summed E-state index contributed by atoms with van der Waals surface area (Å²) in [6.07, 6.45) is 11.3. The van der Waals surface area contributed by atoms with Crippen molar-refractivity contribution in [2.45, 2.75) is 62.7 Å². The van der Waals surface area contributed by atoms with Gasteiger partial charge >= 0.3 is 180 Å². The molecular formula is C26H32SiZr. The van der Waals surface area contributed by atoms with Crippen LogP contribution in [-0.2, 0) is 20.4 Å².